The normalized spacial score (nSPS) is 16.6. The summed E-state index contributed by atoms with van der Waals surface area (Å²) in [6.45, 7) is 7.63. The third kappa shape index (κ3) is 11.3. The molecule has 2 aromatic rings. The summed E-state index contributed by atoms with van der Waals surface area (Å²) in [5.41, 5.74) is 2.78. The van der Waals surface area contributed by atoms with E-state index in [9.17, 15) is 39.5 Å². The molecule has 1 saturated heterocycles. The zero-order valence-electron chi connectivity index (χ0n) is 23.0. The molecule has 4 heterocycles. The number of nitrogens with zero attached hydrogens (tertiary/aromatic N) is 5. The summed E-state index contributed by atoms with van der Waals surface area (Å²) < 4.78 is 97.6. The van der Waals surface area contributed by atoms with E-state index in [1.54, 1.807) is 0 Å². The Labute approximate surface area is 243 Å². The van der Waals surface area contributed by atoms with E-state index < -0.39 is 36.4 Å². The standard InChI is InChI=1S/C18H25N5.3C2HF3O2/c1-15-13-20-17-18(21(2)11-12-23(15)17)5-9-22(10-6-18)14-16-3-7-19-8-4-16;3*3-2(4,5)1(6)7/h3-4,7-8,13H,5-6,9-12,14H2,1-2H3;3*(H,6,7). The van der Waals surface area contributed by atoms with E-state index in [2.05, 4.69) is 45.5 Å². The van der Waals surface area contributed by atoms with Crippen LogP contribution in [0.3, 0.4) is 0 Å². The second-order valence-corrected chi connectivity index (χ2v) is 9.37. The van der Waals surface area contributed by atoms with E-state index >= 15 is 0 Å². The number of likely N-dealkylation sites (tertiary alicyclic amines) is 1. The number of carbonyl (C=O) groups is 3. The molecule has 0 aromatic carbocycles. The van der Waals surface area contributed by atoms with Gasteiger partial charge in [0, 0.05) is 57.0 Å². The van der Waals surface area contributed by atoms with Gasteiger partial charge in [0.05, 0.1) is 5.54 Å². The van der Waals surface area contributed by atoms with Crippen molar-refractivity contribution in [3.63, 3.8) is 0 Å². The molecule has 4 rings (SSSR count). The first-order valence-corrected chi connectivity index (χ1v) is 12.3. The molecule has 20 heteroatoms. The van der Waals surface area contributed by atoms with Gasteiger partial charge in [0.2, 0.25) is 0 Å². The van der Waals surface area contributed by atoms with E-state index in [-0.39, 0.29) is 5.54 Å². The van der Waals surface area contributed by atoms with Crippen LogP contribution in [-0.4, -0.2) is 103 Å². The molecule has 2 aliphatic heterocycles. The molecule has 0 aliphatic carbocycles. The molecule has 2 aliphatic rings. The van der Waals surface area contributed by atoms with Crippen LogP contribution in [0.1, 0.15) is 29.9 Å². The smallest absolute Gasteiger partial charge is 0.475 e. The molecule has 3 N–H and O–H groups in total. The van der Waals surface area contributed by atoms with E-state index in [1.807, 2.05) is 18.6 Å². The molecule has 0 radical (unpaired) electrons. The summed E-state index contributed by atoms with van der Waals surface area (Å²) in [6, 6.07) is 4.24. The summed E-state index contributed by atoms with van der Waals surface area (Å²) >= 11 is 0. The van der Waals surface area contributed by atoms with Crippen LogP contribution in [0.25, 0.3) is 0 Å². The average Bonchev–Trinajstić information content (AvgIpc) is 3.29. The number of pyridine rings is 1. The Morgan fingerprint density at radius 1 is 0.795 bits per heavy atom. The van der Waals surface area contributed by atoms with Crippen LogP contribution in [-0.2, 0) is 33.0 Å². The number of fused-ring (bicyclic) bond motifs is 2. The van der Waals surface area contributed by atoms with Crippen molar-refractivity contribution in [1.82, 2.24) is 24.3 Å². The van der Waals surface area contributed by atoms with Gasteiger partial charge in [-0.3, -0.25) is 14.8 Å². The SMILES string of the molecule is Cc1cnc2n1CCN(C)C21CCN(Cc2ccncc2)CC1.O=C(O)C(F)(F)F.O=C(O)C(F)(F)F.O=C(O)C(F)(F)F. The topological polar surface area (TPSA) is 149 Å². The third-order valence-electron chi connectivity index (χ3n) is 6.43. The highest BCUT2D eigenvalue weighted by atomic mass is 19.4. The molecule has 1 spiro atoms. The maximum Gasteiger partial charge on any atom is 0.490 e. The number of piperidine rings is 1. The molecule has 44 heavy (non-hydrogen) atoms. The van der Waals surface area contributed by atoms with E-state index in [1.165, 1.54) is 17.1 Å². The second-order valence-electron chi connectivity index (χ2n) is 9.37. The van der Waals surface area contributed by atoms with Crippen molar-refractivity contribution in [3.8, 4) is 0 Å². The van der Waals surface area contributed by atoms with Gasteiger partial charge < -0.3 is 19.9 Å². The number of rotatable bonds is 2. The quantitative estimate of drug-likeness (QED) is 0.408. The van der Waals surface area contributed by atoms with Gasteiger partial charge in [0.1, 0.15) is 5.82 Å². The van der Waals surface area contributed by atoms with Crippen molar-refractivity contribution >= 4 is 17.9 Å². The van der Waals surface area contributed by atoms with Crippen molar-refractivity contribution in [1.29, 1.82) is 0 Å². The molecule has 0 amide bonds. The maximum absolute atomic E-state index is 10.6. The Kier molecular flexibility index (Phi) is 13.1. The van der Waals surface area contributed by atoms with Gasteiger partial charge in [-0.1, -0.05) is 0 Å². The van der Waals surface area contributed by atoms with Crippen molar-refractivity contribution in [2.24, 2.45) is 0 Å². The molecule has 1 fully saturated rings. The summed E-state index contributed by atoms with van der Waals surface area (Å²) in [5.74, 6) is -6.99. The molecule has 11 nitrogen and oxygen atoms in total. The fourth-order valence-electron chi connectivity index (χ4n) is 4.18. The lowest BCUT2D eigenvalue weighted by Crippen LogP contribution is -2.56. The summed E-state index contributed by atoms with van der Waals surface area (Å²) in [5, 5.41) is 21.4. The summed E-state index contributed by atoms with van der Waals surface area (Å²) in [6.07, 6.45) is -7.12. The Hall–Kier alpha value is -3.94. The number of hydrogen-bond donors (Lipinski definition) is 3. The molecule has 0 bridgehead atoms. The van der Waals surface area contributed by atoms with Crippen molar-refractivity contribution in [2.45, 2.75) is 56.9 Å². The summed E-state index contributed by atoms with van der Waals surface area (Å²) in [7, 11) is 2.27. The Bertz CT molecular complexity index is 1180. The highest BCUT2D eigenvalue weighted by Gasteiger charge is 2.45. The lowest BCUT2D eigenvalue weighted by molar-refractivity contribution is -0.193. The van der Waals surface area contributed by atoms with Crippen LogP contribution in [0.15, 0.2) is 30.7 Å². The minimum Gasteiger partial charge on any atom is -0.475 e. The molecule has 0 unspecified atom stereocenters. The monoisotopic (exact) mass is 653 g/mol. The first kappa shape index (κ1) is 38.1. The number of halogens is 9. The zero-order valence-corrected chi connectivity index (χ0v) is 23.0. The van der Waals surface area contributed by atoms with Gasteiger partial charge in [0.15, 0.2) is 0 Å². The Morgan fingerprint density at radius 2 is 1.20 bits per heavy atom. The highest BCUT2D eigenvalue weighted by molar-refractivity contribution is 5.73. The molecule has 2 aromatic heterocycles. The number of alkyl halides is 9. The predicted octanol–water partition coefficient (Wildman–Crippen LogP) is 3.92. The van der Waals surface area contributed by atoms with E-state index in [4.69, 9.17) is 34.7 Å². The van der Waals surface area contributed by atoms with Gasteiger partial charge in [-0.25, -0.2) is 19.4 Å². The fraction of sp³-hybridized carbons (Fsp3) is 0.542. The van der Waals surface area contributed by atoms with Gasteiger partial charge in [0.25, 0.3) is 0 Å². The minimum atomic E-state index is -5.08. The number of aromatic nitrogens is 3. The van der Waals surface area contributed by atoms with Crippen LogP contribution in [0.2, 0.25) is 0 Å². The van der Waals surface area contributed by atoms with Gasteiger partial charge in [-0.05, 0) is 44.5 Å². The van der Waals surface area contributed by atoms with Crippen LogP contribution in [0.4, 0.5) is 39.5 Å². The average molecular weight is 653 g/mol. The molecular formula is C24H28F9N5O6. The summed E-state index contributed by atoms with van der Waals surface area (Å²) in [4.78, 5) is 40.7. The van der Waals surface area contributed by atoms with Gasteiger partial charge in [-0.15, -0.1) is 0 Å². The Balaban J connectivity index is 0.000000379. The van der Waals surface area contributed by atoms with E-state index in [0.29, 0.717) is 0 Å². The first-order chi connectivity index (χ1) is 20.0. The lowest BCUT2D eigenvalue weighted by Gasteiger charge is -2.49. The number of carboxylic acids is 3. The number of imidazole rings is 1. The number of likely N-dealkylation sites (N-methyl/N-ethyl adjacent to an activating group) is 1. The number of carboxylic acid groups (broad SMARTS) is 3. The highest BCUT2D eigenvalue weighted by Crippen LogP contribution is 2.40. The van der Waals surface area contributed by atoms with Crippen molar-refractivity contribution in [2.75, 3.05) is 26.7 Å². The maximum atomic E-state index is 10.6. The minimum absolute atomic E-state index is 0.126. The van der Waals surface area contributed by atoms with Gasteiger partial charge in [-0.2, -0.15) is 39.5 Å². The zero-order chi connectivity index (χ0) is 34.1. The van der Waals surface area contributed by atoms with Crippen LogP contribution in [0.5, 0.6) is 0 Å². The molecular weight excluding hydrogens is 625 g/mol. The molecule has 0 atom stereocenters. The number of aryl methyl sites for hydroxylation is 1. The predicted molar refractivity (Wildman–Crippen MR) is 131 cm³/mol. The number of aliphatic carboxylic acids is 3. The number of hydrogen-bond acceptors (Lipinski definition) is 7. The fourth-order valence-corrected chi connectivity index (χ4v) is 4.18. The third-order valence-corrected chi connectivity index (χ3v) is 6.43. The van der Waals surface area contributed by atoms with Crippen LogP contribution in [0, 0.1) is 6.92 Å². The van der Waals surface area contributed by atoms with Crippen LogP contribution >= 0.6 is 0 Å². The largest absolute Gasteiger partial charge is 0.490 e. The first-order valence-electron chi connectivity index (χ1n) is 12.3. The van der Waals surface area contributed by atoms with Gasteiger partial charge >= 0.3 is 36.4 Å². The molecule has 0 saturated carbocycles. The lowest BCUT2D eigenvalue weighted by atomic mass is 9.83. The van der Waals surface area contributed by atoms with Crippen molar-refractivity contribution in [3.05, 3.63) is 47.8 Å². The molecule has 248 valence electrons. The second kappa shape index (κ2) is 15.2. The van der Waals surface area contributed by atoms with Crippen LogP contribution < -0.4 is 0 Å². The van der Waals surface area contributed by atoms with E-state index in [0.717, 1.165) is 45.6 Å². The Morgan fingerprint density at radius 3 is 1.59 bits per heavy atom. The van der Waals surface area contributed by atoms with Crippen molar-refractivity contribution < 1.29 is 69.2 Å².